The number of nitrogens with one attached hydrogen (secondary N) is 1. The van der Waals surface area contributed by atoms with E-state index < -0.39 is 11.7 Å². The van der Waals surface area contributed by atoms with Gasteiger partial charge in [0.15, 0.2) is 0 Å². The fraction of sp³-hybridized carbons (Fsp3) is 0.636. The van der Waals surface area contributed by atoms with Crippen molar-refractivity contribution in [2.24, 2.45) is 5.92 Å². The Morgan fingerprint density at radius 3 is 2.71 bits per heavy atom. The van der Waals surface area contributed by atoms with E-state index in [0.717, 1.165) is 24.2 Å². The molecule has 1 saturated heterocycles. The summed E-state index contributed by atoms with van der Waals surface area (Å²) in [5, 5.41) is 3.01. The summed E-state index contributed by atoms with van der Waals surface area (Å²) in [6.45, 7) is 11.2. The van der Waals surface area contributed by atoms with Crippen molar-refractivity contribution in [2.75, 3.05) is 13.2 Å². The maximum atomic E-state index is 13.2. The van der Waals surface area contributed by atoms with Gasteiger partial charge in [-0.3, -0.25) is 4.79 Å². The minimum absolute atomic E-state index is 0.0132. The molecule has 2 bridgehead atoms. The number of carbonyl (C=O) groups excluding carboxylic acids is 2. The van der Waals surface area contributed by atoms with Gasteiger partial charge in [0.05, 0.1) is 18.7 Å². The quantitative estimate of drug-likeness (QED) is 0.845. The highest BCUT2D eigenvalue weighted by Crippen LogP contribution is 2.41. The van der Waals surface area contributed by atoms with Crippen LogP contribution in [-0.2, 0) is 10.2 Å². The Morgan fingerprint density at radius 1 is 1.25 bits per heavy atom. The van der Waals surface area contributed by atoms with Gasteiger partial charge in [0, 0.05) is 23.1 Å². The van der Waals surface area contributed by atoms with Crippen LogP contribution >= 0.6 is 0 Å². The third-order valence-electron chi connectivity index (χ3n) is 6.08. The van der Waals surface area contributed by atoms with Gasteiger partial charge >= 0.3 is 6.09 Å². The number of amides is 2. The fourth-order valence-corrected chi connectivity index (χ4v) is 4.73. The van der Waals surface area contributed by atoms with Crippen molar-refractivity contribution < 1.29 is 19.1 Å². The molecule has 2 amide bonds. The standard InChI is InChI=1S/C22H30N2O4/c1-21(2,3)28-20(26)23-18-14-7-9-16(18)24(11-14)19(25)13-6-8-15-17(10-13)27-12-22(15,4)5/h6,8,10,14,16,18H,7,9,11-12H2,1-5H3,(H,23,26)/t14?,16?,18-/m1/s1. The van der Waals surface area contributed by atoms with Gasteiger partial charge in [0.2, 0.25) is 0 Å². The lowest BCUT2D eigenvalue weighted by molar-refractivity contribution is 0.0485. The molecule has 0 aromatic heterocycles. The largest absolute Gasteiger partial charge is 0.492 e. The minimum atomic E-state index is -0.532. The molecule has 1 aromatic rings. The summed E-state index contributed by atoms with van der Waals surface area (Å²) in [4.78, 5) is 27.3. The maximum Gasteiger partial charge on any atom is 0.407 e. The van der Waals surface area contributed by atoms with Crippen LogP contribution < -0.4 is 10.1 Å². The zero-order chi connectivity index (χ0) is 20.3. The van der Waals surface area contributed by atoms with E-state index in [0.29, 0.717) is 18.7 Å². The normalized spacial score (nSPS) is 27.3. The zero-order valence-electron chi connectivity index (χ0n) is 17.4. The monoisotopic (exact) mass is 386 g/mol. The molecule has 0 radical (unpaired) electrons. The molecule has 6 heteroatoms. The number of piperidine rings is 1. The van der Waals surface area contributed by atoms with Gasteiger partial charge in [-0.25, -0.2) is 4.79 Å². The van der Waals surface area contributed by atoms with Gasteiger partial charge in [-0.2, -0.15) is 0 Å². The number of likely N-dealkylation sites (tertiary alicyclic amines) is 1. The van der Waals surface area contributed by atoms with Gasteiger partial charge in [0.25, 0.3) is 5.91 Å². The van der Waals surface area contributed by atoms with E-state index >= 15 is 0 Å². The van der Waals surface area contributed by atoms with E-state index in [2.05, 4.69) is 19.2 Å². The molecular weight excluding hydrogens is 356 g/mol. The predicted octanol–water partition coefficient (Wildman–Crippen LogP) is 3.48. The second-order valence-electron chi connectivity index (χ2n) is 9.92. The Balaban J connectivity index is 1.48. The van der Waals surface area contributed by atoms with Crippen LogP contribution in [0.2, 0.25) is 0 Å². The second-order valence-corrected chi connectivity index (χ2v) is 9.92. The summed E-state index contributed by atoms with van der Waals surface area (Å²) >= 11 is 0. The van der Waals surface area contributed by atoms with Crippen molar-refractivity contribution in [1.82, 2.24) is 10.2 Å². The summed E-state index contributed by atoms with van der Waals surface area (Å²) in [7, 11) is 0. The number of alkyl carbamates (subject to hydrolysis) is 1. The highest BCUT2D eigenvalue weighted by molar-refractivity contribution is 5.95. The van der Waals surface area contributed by atoms with Crippen molar-refractivity contribution in [2.45, 2.75) is 70.6 Å². The van der Waals surface area contributed by atoms with Crippen LogP contribution in [0, 0.1) is 5.92 Å². The summed E-state index contributed by atoms with van der Waals surface area (Å²) in [5.41, 5.74) is 1.25. The van der Waals surface area contributed by atoms with Crippen LogP contribution in [0.25, 0.3) is 0 Å². The molecule has 0 spiro atoms. The number of nitrogens with zero attached hydrogens (tertiary/aromatic N) is 1. The summed E-state index contributed by atoms with van der Waals surface area (Å²) in [6.07, 6.45) is 1.53. The summed E-state index contributed by atoms with van der Waals surface area (Å²) in [6, 6.07) is 5.77. The van der Waals surface area contributed by atoms with E-state index in [-0.39, 0.29) is 29.3 Å². The molecule has 28 heavy (non-hydrogen) atoms. The molecular formula is C22H30N2O4. The molecule has 152 valence electrons. The molecule has 1 aliphatic carbocycles. The van der Waals surface area contributed by atoms with Gasteiger partial charge < -0.3 is 19.7 Å². The Morgan fingerprint density at radius 2 is 2.00 bits per heavy atom. The predicted molar refractivity (Wildman–Crippen MR) is 106 cm³/mol. The number of carbonyl (C=O) groups is 2. The number of rotatable bonds is 2. The number of hydrogen-bond donors (Lipinski definition) is 1. The third kappa shape index (κ3) is 3.33. The first kappa shape index (κ1) is 19.1. The van der Waals surface area contributed by atoms with Gasteiger partial charge in [-0.1, -0.05) is 19.9 Å². The average molecular weight is 386 g/mol. The van der Waals surface area contributed by atoms with E-state index in [4.69, 9.17) is 9.47 Å². The van der Waals surface area contributed by atoms with Crippen LogP contribution in [0.5, 0.6) is 5.75 Å². The average Bonchev–Trinajstić information content (AvgIpc) is 3.23. The highest BCUT2D eigenvalue weighted by atomic mass is 16.6. The van der Waals surface area contributed by atoms with Crippen LogP contribution in [-0.4, -0.2) is 47.7 Å². The maximum absolute atomic E-state index is 13.2. The lowest BCUT2D eigenvalue weighted by Crippen LogP contribution is -2.46. The first-order valence-electron chi connectivity index (χ1n) is 10.1. The Labute approximate surface area is 166 Å². The fourth-order valence-electron chi connectivity index (χ4n) is 4.73. The van der Waals surface area contributed by atoms with Crippen molar-refractivity contribution in [3.8, 4) is 5.75 Å². The number of fused-ring (bicyclic) bond motifs is 3. The molecule has 2 unspecified atom stereocenters. The molecule has 4 rings (SSSR count). The number of benzene rings is 1. The number of hydrogen-bond acceptors (Lipinski definition) is 4. The first-order valence-corrected chi connectivity index (χ1v) is 10.1. The van der Waals surface area contributed by atoms with Crippen LogP contribution in [0.4, 0.5) is 4.79 Å². The summed E-state index contributed by atoms with van der Waals surface area (Å²) < 4.78 is 11.2. The third-order valence-corrected chi connectivity index (χ3v) is 6.08. The molecule has 6 nitrogen and oxygen atoms in total. The second kappa shape index (κ2) is 6.39. The zero-order valence-corrected chi connectivity index (χ0v) is 17.4. The van der Waals surface area contributed by atoms with E-state index in [1.54, 1.807) is 0 Å². The molecule has 3 atom stereocenters. The van der Waals surface area contributed by atoms with Crippen LogP contribution in [0.3, 0.4) is 0 Å². The molecule has 1 N–H and O–H groups in total. The molecule has 1 saturated carbocycles. The highest BCUT2D eigenvalue weighted by Gasteiger charge is 2.50. The smallest absolute Gasteiger partial charge is 0.407 e. The van der Waals surface area contributed by atoms with E-state index in [1.807, 2.05) is 43.9 Å². The number of ether oxygens (including phenoxy) is 2. The van der Waals surface area contributed by atoms with Crippen molar-refractivity contribution in [3.05, 3.63) is 29.3 Å². The summed E-state index contributed by atoms with van der Waals surface area (Å²) in [5.74, 6) is 1.11. The van der Waals surface area contributed by atoms with Gasteiger partial charge in [-0.05, 0) is 51.7 Å². The SMILES string of the molecule is CC(C)(C)OC(=O)N[C@@H]1C2CCC1N(C(=O)c1ccc3c(c1)OCC3(C)C)C2. The molecule has 3 aliphatic rings. The topological polar surface area (TPSA) is 67.9 Å². The molecule has 2 heterocycles. The Kier molecular flexibility index (Phi) is 4.36. The first-order chi connectivity index (χ1) is 13.0. The molecule has 2 aliphatic heterocycles. The van der Waals surface area contributed by atoms with Crippen molar-refractivity contribution in [1.29, 1.82) is 0 Å². The van der Waals surface area contributed by atoms with Crippen molar-refractivity contribution >= 4 is 12.0 Å². The van der Waals surface area contributed by atoms with Gasteiger partial charge in [0.1, 0.15) is 11.4 Å². The Hall–Kier alpha value is -2.24. The lowest BCUT2D eigenvalue weighted by atomic mass is 9.86. The molecule has 1 aromatic carbocycles. The minimum Gasteiger partial charge on any atom is -0.492 e. The van der Waals surface area contributed by atoms with Crippen molar-refractivity contribution in [3.63, 3.8) is 0 Å². The molecule has 2 fully saturated rings. The Bertz CT molecular complexity index is 811. The van der Waals surface area contributed by atoms with Crippen LogP contribution in [0.15, 0.2) is 18.2 Å². The van der Waals surface area contributed by atoms with E-state index in [9.17, 15) is 9.59 Å². The lowest BCUT2D eigenvalue weighted by Gasteiger charge is -2.28. The van der Waals surface area contributed by atoms with E-state index in [1.165, 1.54) is 0 Å². The van der Waals surface area contributed by atoms with Crippen LogP contribution in [0.1, 0.15) is 63.4 Å². The van der Waals surface area contributed by atoms with Gasteiger partial charge in [-0.15, -0.1) is 0 Å².